The zero-order chi connectivity index (χ0) is 17.1. The lowest BCUT2D eigenvalue weighted by Gasteiger charge is -2.12. The molecule has 24 heavy (non-hydrogen) atoms. The quantitative estimate of drug-likeness (QED) is 0.750. The third kappa shape index (κ3) is 3.23. The maximum atomic E-state index is 14.4. The molecule has 3 rings (SSSR count). The van der Waals surface area contributed by atoms with Gasteiger partial charge in [-0.05, 0) is 30.7 Å². The second-order valence-corrected chi connectivity index (χ2v) is 5.18. The van der Waals surface area contributed by atoms with Gasteiger partial charge in [0, 0.05) is 23.7 Å². The fraction of sp³-hybridized carbons (Fsp3) is 0.188. The molecule has 1 atom stereocenters. The van der Waals surface area contributed by atoms with E-state index >= 15 is 0 Å². The van der Waals surface area contributed by atoms with Gasteiger partial charge < -0.3 is 10.5 Å². The summed E-state index contributed by atoms with van der Waals surface area (Å²) in [6.07, 6.45) is -0.490. The van der Waals surface area contributed by atoms with Crippen molar-refractivity contribution in [3.05, 3.63) is 59.4 Å². The maximum absolute atomic E-state index is 14.4. The van der Waals surface area contributed by atoms with Crippen molar-refractivity contribution < 1.29 is 13.5 Å². The van der Waals surface area contributed by atoms with Gasteiger partial charge in [-0.1, -0.05) is 17.3 Å². The molecule has 6 nitrogen and oxygen atoms in total. The van der Waals surface area contributed by atoms with E-state index < -0.39 is 17.7 Å². The number of ether oxygens (including phenoxy) is 1. The molecule has 0 aliphatic carbocycles. The number of aromatic nitrogens is 4. The van der Waals surface area contributed by atoms with Crippen LogP contribution in [-0.2, 0) is 6.54 Å². The zero-order valence-corrected chi connectivity index (χ0v) is 12.8. The SMILES string of the molecule is CC(Oc1ccc(-c2ccc(CN)c(F)c2)c(F)c1)c1nn[nH]n1. The molecule has 1 aromatic heterocycles. The summed E-state index contributed by atoms with van der Waals surface area (Å²) in [5.41, 5.74) is 6.52. The van der Waals surface area contributed by atoms with Gasteiger partial charge in [-0.3, -0.25) is 0 Å². The van der Waals surface area contributed by atoms with E-state index in [0.29, 0.717) is 22.7 Å². The van der Waals surface area contributed by atoms with Gasteiger partial charge in [0.1, 0.15) is 17.4 Å². The fourth-order valence-electron chi connectivity index (χ4n) is 2.28. The molecule has 0 saturated heterocycles. The topological polar surface area (TPSA) is 89.7 Å². The van der Waals surface area contributed by atoms with E-state index in [1.165, 1.54) is 18.2 Å². The van der Waals surface area contributed by atoms with Gasteiger partial charge in [-0.15, -0.1) is 10.2 Å². The third-order valence-electron chi connectivity index (χ3n) is 3.56. The molecule has 8 heteroatoms. The van der Waals surface area contributed by atoms with E-state index in [4.69, 9.17) is 10.5 Å². The molecule has 3 aromatic rings. The highest BCUT2D eigenvalue weighted by atomic mass is 19.1. The van der Waals surface area contributed by atoms with Crippen molar-refractivity contribution in [1.29, 1.82) is 0 Å². The average Bonchev–Trinajstić information content (AvgIpc) is 3.09. The molecule has 0 aliphatic rings. The third-order valence-corrected chi connectivity index (χ3v) is 3.56. The van der Waals surface area contributed by atoms with Crippen molar-refractivity contribution >= 4 is 0 Å². The Morgan fingerprint density at radius 3 is 2.62 bits per heavy atom. The highest BCUT2D eigenvalue weighted by Gasteiger charge is 2.14. The van der Waals surface area contributed by atoms with Crippen LogP contribution in [-0.4, -0.2) is 20.6 Å². The van der Waals surface area contributed by atoms with Crippen molar-refractivity contribution in [2.24, 2.45) is 5.73 Å². The van der Waals surface area contributed by atoms with Crippen LogP contribution in [0.4, 0.5) is 8.78 Å². The fourth-order valence-corrected chi connectivity index (χ4v) is 2.28. The lowest BCUT2D eigenvalue weighted by Crippen LogP contribution is -2.05. The molecular weight excluding hydrogens is 316 g/mol. The maximum Gasteiger partial charge on any atom is 0.214 e. The highest BCUT2D eigenvalue weighted by molar-refractivity contribution is 5.65. The Morgan fingerprint density at radius 2 is 2.00 bits per heavy atom. The van der Waals surface area contributed by atoms with Crippen LogP contribution in [0.1, 0.15) is 24.4 Å². The number of hydrogen-bond donors (Lipinski definition) is 2. The van der Waals surface area contributed by atoms with Gasteiger partial charge in [-0.2, -0.15) is 5.21 Å². The summed E-state index contributed by atoms with van der Waals surface area (Å²) in [6, 6.07) is 8.82. The number of tetrazole rings is 1. The molecule has 124 valence electrons. The Balaban J connectivity index is 1.83. The molecule has 0 bridgehead atoms. The number of nitrogens with two attached hydrogens (primary N) is 1. The van der Waals surface area contributed by atoms with Gasteiger partial charge in [0.25, 0.3) is 0 Å². The van der Waals surface area contributed by atoms with E-state index in [2.05, 4.69) is 20.6 Å². The van der Waals surface area contributed by atoms with Crippen LogP contribution in [0.3, 0.4) is 0 Å². The zero-order valence-electron chi connectivity index (χ0n) is 12.8. The van der Waals surface area contributed by atoms with Crippen LogP contribution in [0.5, 0.6) is 5.75 Å². The molecular formula is C16H15F2N5O. The number of halogens is 2. The van der Waals surface area contributed by atoms with Crippen molar-refractivity contribution in [3.8, 4) is 16.9 Å². The van der Waals surface area contributed by atoms with Gasteiger partial charge in [0.15, 0.2) is 6.10 Å². The summed E-state index contributed by atoms with van der Waals surface area (Å²) in [6.45, 7) is 1.81. The van der Waals surface area contributed by atoms with Crippen molar-refractivity contribution in [1.82, 2.24) is 20.6 Å². The summed E-state index contributed by atoms with van der Waals surface area (Å²) in [5, 5.41) is 13.4. The van der Waals surface area contributed by atoms with Crippen LogP contribution in [0, 0.1) is 11.6 Å². The lowest BCUT2D eigenvalue weighted by atomic mass is 10.0. The first kappa shape index (κ1) is 16.0. The number of hydrogen-bond acceptors (Lipinski definition) is 5. The van der Waals surface area contributed by atoms with E-state index in [1.807, 2.05) is 0 Å². The van der Waals surface area contributed by atoms with Gasteiger partial charge in [0.05, 0.1) is 0 Å². The van der Waals surface area contributed by atoms with Crippen LogP contribution < -0.4 is 10.5 Å². The minimum atomic E-state index is -0.521. The summed E-state index contributed by atoms with van der Waals surface area (Å²) in [5.74, 6) is -0.306. The van der Waals surface area contributed by atoms with Gasteiger partial charge in [-0.25, -0.2) is 8.78 Å². The number of nitrogens with one attached hydrogen (secondary N) is 1. The Bertz CT molecular complexity index is 838. The Morgan fingerprint density at radius 1 is 1.17 bits per heavy atom. The van der Waals surface area contributed by atoms with Crippen molar-refractivity contribution in [2.45, 2.75) is 19.6 Å². The molecule has 0 radical (unpaired) electrons. The summed E-state index contributed by atoms with van der Waals surface area (Å²) in [7, 11) is 0. The summed E-state index contributed by atoms with van der Waals surface area (Å²) in [4.78, 5) is 0. The number of aromatic amines is 1. The second kappa shape index (κ2) is 6.71. The minimum absolute atomic E-state index is 0.0926. The molecule has 0 spiro atoms. The second-order valence-electron chi connectivity index (χ2n) is 5.18. The van der Waals surface area contributed by atoms with E-state index in [0.717, 1.165) is 0 Å². The van der Waals surface area contributed by atoms with Gasteiger partial charge >= 0.3 is 0 Å². The standard InChI is InChI=1S/C16H15F2N5O/c1-9(16-20-22-23-21-16)24-12-4-5-13(15(18)7-12)10-2-3-11(8-19)14(17)6-10/h2-7,9H,8,19H2,1H3,(H,20,21,22,23). The van der Waals surface area contributed by atoms with Crippen molar-refractivity contribution in [2.75, 3.05) is 0 Å². The van der Waals surface area contributed by atoms with Crippen LogP contribution in [0.15, 0.2) is 36.4 Å². The first-order valence-corrected chi connectivity index (χ1v) is 7.27. The molecule has 0 amide bonds. The molecule has 0 fully saturated rings. The molecule has 0 aliphatic heterocycles. The monoisotopic (exact) mass is 331 g/mol. The predicted molar refractivity (Wildman–Crippen MR) is 82.9 cm³/mol. The Labute approximate surface area is 136 Å². The Hall–Kier alpha value is -2.87. The number of benzene rings is 2. The normalized spacial score (nSPS) is 12.2. The van der Waals surface area contributed by atoms with Crippen molar-refractivity contribution in [3.63, 3.8) is 0 Å². The minimum Gasteiger partial charge on any atom is -0.482 e. The van der Waals surface area contributed by atoms with Gasteiger partial charge in [0.2, 0.25) is 5.82 Å². The Kier molecular flexibility index (Phi) is 4.48. The summed E-state index contributed by atoms with van der Waals surface area (Å²) >= 11 is 0. The largest absolute Gasteiger partial charge is 0.482 e. The molecule has 3 N–H and O–H groups in total. The van der Waals surface area contributed by atoms with Crippen LogP contribution >= 0.6 is 0 Å². The van der Waals surface area contributed by atoms with E-state index in [-0.39, 0.29) is 12.1 Å². The van der Waals surface area contributed by atoms with Crippen LogP contribution in [0.2, 0.25) is 0 Å². The molecule has 0 saturated carbocycles. The highest BCUT2D eigenvalue weighted by Crippen LogP contribution is 2.29. The first-order chi connectivity index (χ1) is 11.6. The average molecular weight is 331 g/mol. The lowest BCUT2D eigenvalue weighted by molar-refractivity contribution is 0.215. The molecule has 1 unspecified atom stereocenters. The predicted octanol–water partition coefficient (Wildman–Crippen LogP) is 2.74. The smallest absolute Gasteiger partial charge is 0.214 e. The number of nitrogens with zero attached hydrogens (tertiary/aromatic N) is 3. The van der Waals surface area contributed by atoms with E-state index in [9.17, 15) is 8.78 Å². The van der Waals surface area contributed by atoms with E-state index in [1.54, 1.807) is 25.1 Å². The number of rotatable bonds is 5. The molecule has 1 heterocycles. The first-order valence-electron chi connectivity index (χ1n) is 7.27. The summed E-state index contributed by atoms with van der Waals surface area (Å²) < 4.78 is 33.8. The molecule has 2 aromatic carbocycles. The number of H-pyrrole nitrogens is 1. The van der Waals surface area contributed by atoms with Crippen LogP contribution in [0.25, 0.3) is 11.1 Å².